The maximum Gasteiger partial charge on any atom is 0.260 e. The van der Waals surface area contributed by atoms with Crippen molar-refractivity contribution in [1.29, 1.82) is 0 Å². The Morgan fingerprint density at radius 3 is 2.62 bits per heavy atom. The monoisotopic (exact) mass is 332 g/mol. The van der Waals surface area contributed by atoms with Crippen LogP contribution < -0.4 is 4.74 Å². The lowest BCUT2D eigenvalue weighted by Gasteiger charge is -2.38. The molecular formula is C19H28N2O3. The molecule has 0 aliphatic carbocycles. The summed E-state index contributed by atoms with van der Waals surface area (Å²) in [4.78, 5) is 17.0. The van der Waals surface area contributed by atoms with E-state index >= 15 is 0 Å². The van der Waals surface area contributed by atoms with E-state index < -0.39 is 0 Å². The molecule has 0 unspecified atom stereocenters. The van der Waals surface area contributed by atoms with Crippen LogP contribution in [0.25, 0.3) is 0 Å². The number of nitrogens with zero attached hydrogens (tertiary/aromatic N) is 2. The predicted octanol–water partition coefficient (Wildman–Crippen LogP) is 2.17. The molecular weight excluding hydrogens is 304 g/mol. The number of rotatable bonds is 5. The minimum absolute atomic E-state index is 0.0932. The van der Waals surface area contributed by atoms with Crippen LogP contribution in [0.3, 0.4) is 0 Å². The highest BCUT2D eigenvalue weighted by Crippen LogP contribution is 2.21. The van der Waals surface area contributed by atoms with E-state index in [1.807, 2.05) is 35.2 Å². The van der Waals surface area contributed by atoms with Gasteiger partial charge in [0.15, 0.2) is 6.61 Å². The van der Waals surface area contributed by atoms with Crippen LogP contribution >= 0.6 is 0 Å². The minimum Gasteiger partial charge on any atom is -0.484 e. The highest BCUT2D eigenvalue weighted by molar-refractivity contribution is 5.78. The zero-order chi connectivity index (χ0) is 16.9. The second-order valence-electron chi connectivity index (χ2n) is 6.96. The number of ether oxygens (including phenoxy) is 2. The molecule has 2 aliphatic rings. The Morgan fingerprint density at radius 1 is 1.21 bits per heavy atom. The molecule has 5 heteroatoms. The number of likely N-dealkylation sites (tertiary alicyclic amines) is 1. The molecule has 132 valence electrons. The van der Waals surface area contributed by atoms with E-state index in [-0.39, 0.29) is 24.7 Å². The third kappa shape index (κ3) is 4.48. The summed E-state index contributed by atoms with van der Waals surface area (Å²) in [6.07, 6.45) is 2.69. The van der Waals surface area contributed by atoms with Crippen molar-refractivity contribution in [2.75, 3.05) is 32.8 Å². The van der Waals surface area contributed by atoms with Crippen molar-refractivity contribution in [3.63, 3.8) is 0 Å². The Balaban J connectivity index is 1.52. The van der Waals surface area contributed by atoms with E-state index in [1.165, 1.54) is 0 Å². The Kier molecular flexibility index (Phi) is 5.74. The average Bonchev–Trinajstić information content (AvgIpc) is 3.01. The van der Waals surface area contributed by atoms with Gasteiger partial charge in [0.05, 0.1) is 12.2 Å². The Hall–Kier alpha value is -1.59. The van der Waals surface area contributed by atoms with Crippen LogP contribution in [0.4, 0.5) is 0 Å². The van der Waals surface area contributed by atoms with Gasteiger partial charge in [-0.25, -0.2) is 0 Å². The summed E-state index contributed by atoms with van der Waals surface area (Å²) in [7, 11) is 0. The van der Waals surface area contributed by atoms with Gasteiger partial charge < -0.3 is 14.4 Å². The normalized spacial score (nSPS) is 28.1. The van der Waals surface area contributed by atoms with Gasteiger partial charge in [0, 0.05) is 32.2 Å². The molecule has 0 spiro atoms. The van der Waals surface area contributed by atoms with Crippen LogP contribution in [-0.4, -0.2) is 66.7 Å². The molecule has 3 rings (SSSR count). The van der Waals surface area contributed by atoms with Crippen LogP contribution in [0.1, 0.15) is 26.7 Å². The van der Waals surface area contributed by atoms with Gasteiger partial charge in [-0.05, 0) is 38.8 Å². The number of carbonyl (C=O) groups excluding carboxylic acids is 1. The molecule has 3 atom stereocenters. The predicted molar refractivity (Wildman–Crippen MR) is 93.1 cm³/mol. The van der Waals surface area contributed by atoms with Crippen molar-refractivity contribution >= 4 is 5.91 Å². The topological polar surface area (TPSA) is 42.0 Å². The first-order chi connectivity index (χ1) is 11.6. The fraction of sp³-hybridized carbons (Fsp3) is 0.632. The lowest BCUT2D eigenvalue weighted by Crippen LogP contribution is -2.51. The molecule has 2 saturated heterocycles. The van der Waals surface area contributed by atoms with Crippen molar-refractivity contribution in [1.82, 2.24) is 9.80 Å². The molecule has 1 amide bonds. The van der Waals surface area contributed by atoms with Gasteiger partial charge in [-0.1, -0.05) is 18.2 Å². The molecule has 2 fully saturated rings. The van der Waals surface area contributed by atoms with Crippen molar-refractivity contribution in [3.8, 4) is 5.75 Å². The standard InChI is InChI=1S/C19H28N2O3/c1-15-11-20(12-16(2)24-15)13-17-7-6-10-21(17)19(22)14-23-18-8-4-3-5-9-18/h3-5,8-9,15-17H,6-7,10-14H2,1-2H3/t15-,16-,17+/m1/s1. The molecule has 1 aromatic carbocycles. The molecule has 0 N–H and O–H groups in total. The number of amides is 1. The first-order valence-corrected chi connectivity index (χ1v) is 8.97. The van der Waals surface area contributed by atoms with E-state index in [2.05, 4.69) is 18.7 Å². The summed E-state index contributed by atoms with van der Waals surface area (Å²) in [6.45, 7) is 8.04. The number of benzene rings is 1. The highest BCUT2D eigenvalue weighted by Gasteiger charge is 2.32. The van der Waals surface area contributed by atoms with Crippen LogP contribution in [0.5, 0.6) is 5.75 Å². The summed E-state index contributed by atoms with van der Waals surface area (Å²) in [6, 6.07) is 9.83. The zero-order valence-corrected chi connectivity index (χ0v) is 14.7. The molecule has 24 heavy (non-hydrogen) atoms. The van der Waals surface area contributed by atoms with Gasteiger partial charge in [-0.15, -0.1) is 0 Å². The maximum absolute atomic E-state index is 12.6. The van der Waals surface area contributed by atoms with Gasteiger partial charge >= 0.3 is 0 Å². The largest absolute Gasteiger partial charge is 0.484 e. The fourth-order valence-corrected chi connectivity index (χ4v) is 3.83. The van der Waals surface area contributed by atoms with Crippen LogP contribution in [-0.2, 0) is 9.53 Å². The second kappa shape index (κ2) is 7.99. The molecule has 1 aromatic rings. The molecule has 0 saturated carbocycles. The molecule has 2 heterocycles. The van der Waals surface area contributed by atoms with E-state index in [1.54, 1.807) is 0 Å². The van der Waals surface area contributed by atoms with E-state index in [0.29, 0.717) is 6.04 Å². The third-order valence-electron chi connectivity index (χ3n) is 4.77. The number of morpholine rings is 1. The van der Waals surface area contributed by atoms with Crippen LogP contribution in [0, 0.1) is 0 Å². The minimum atomic E-state index is 0.0932. The molecule has 0 bridgehead atoms. The van der Waals surface area contributed by atoms with Crippen molar-refractivity contribution < 1.29 is 14.3 Å². The Bertz CT molecular complexity index is 527. The van der Waals surface area contributed by atoms with Gasteiger partial charge in [0.2, 0.25) is 0 Å². The first kappa shape index (κ1) is 17.2. The summed E-state index contributed by atoms with van der Waals surface area (Å²) >= 11 is 0. The SMILES string of the molecule is C[C@@H]1CN(C[C@@H]2CCCN2C(=O)COc2ccccc2)C[C@@H](C)O1. The molecule has 0 radical (unpaired) electrons. The Labute approximate surface area is 144 Å². The molecule has 0 aromatic heterocycles. The summed E-state index contributed by atoms with van der Waals surface area (Å²) in [5.41, 5.74) is 0. The van der Waals surface area contributed by atoms with Crippen molar-refractivity contribution in [2.45, 2.75) is 44.9 Å². The lowest BCUT2D eigenvalue weighted by atomic mass is 10.1. The number of para-hydroxylation sites is 1. The first-order valence-electron chi connectivity index (χ1n) is 8.97. The summed E-state index contributed by atoms with van der Waals surface area (Å²) in [5, 5.41) is 0. The van der Waals surface area contributed by atoms with Crippen molar-refractivity contribution in [3.05, 3.63) is 30.3 Å². The lowest BCUT2D eigenvalue weighted by molar-refractivity contribution is -0.135. The number of carbonyl (C=O) groups is 1. The highest BCUT2D eigenvalue weighted by atomic mass is 16.5. The van der Waals surface area contributed by atoms with Gasteiger partial charge in [0.1, 0.15) is 5.75 Å². The quantitative estimate of drug-likeness (QED) is 0.829. The third-order valence-corrected chi connectivity index (χ3v) is 4.77. The summed E-state index contributed by atoms with van der Waals surface area (Å²) < 4.78 is 11.4. The second-order valence-corrected chi connectivity index (χ2v) is 6.96. The molecule has 2 aliphatic heterocycles. The smallest absolute Gasteiger partial charge is 0.260 e. The zero-order valence-electron chi connectivity index (χ0n) is 14.7. The van der Waals surface area contributed by atoms with Gasteiger partial charge in [0.25, 0.3) is 5.91 Å². The number of hydrogen-bond donors (Lipinski definition) is 0. The summed E-state index contributed by atoms with van der Waals surface area (Å²) in [5.74, 6) is 0.841. The Morgan fingerprint density at radius 2 is 1.92 bits per heavy atom. The average molecular weight is 332 g/mol. The van der Waals surface area contributed by atoms with E-state index in [4.69, 9.17) is 9.47 Å². The van der Waals surface area contributed by atoms with Gasteiger partial charge in [-0.3, -0.25) is 9.69 Å². The van der Waals surface area contributed by atoms with Crippen LogP contribution in [0.2, 0.25) is 0 Å². The number of hydrogen-bond acceptors (Lipinski definition) is 4. The molecule has 5 nitrogen and oxygen atoms in total. The van der Waals surface area contributed by atoms with E-state index in [0.717, 1.165) is 44.8 Å². The maximum atomic E-state index is 12.6. The van der Waals surface area contributed by atoms with E-state index in [9.17, 15) is 4.79 Å². The van der Waals surface area contributed by atoms with Gasteiger partial charge in [-0.2, -0.15) is 0 Å². The fourth-order valence-electron chi connectivity index (χ4n) is 3.83. The van der Waals surface area contributed by atoms with Crippen molar-refractivity contribution in [2.24, 2.45) is 0 Å². The van der Waals surface area contributed by atoms with Crippen LogP contribution in [0.15, 0.2) is 30.3 Å².